The topological polar surface area (TPSA) is 101 Å². The Balaban J connectivity index is 2.00. The Hall–Kier alpha value is -3.35. The minimum atomic E-state index is -1.37. The van der Waals surface area contributed by atoms with Gasteiger partial charge >= 0.3 is 0 Å². The number of nitro groups is 1. The van der Waals surface area contributed by atoms with Gasteiger partial charge in [-0.15, -0.1) is 0 Å². The second-order valence-corrected chi connectivity index (χ2v) is 4.88. The number of carboxylic acids is 1. The first kappa shape index (κ1) is 14.6. The molecule has 7 nitrogen and oxygen atoms in total. The monoisotopic (exact) mass is 311 g/mol. The molecule has 0 fully saturated rings. The standard InChI is InChI=1S/C16H12N2O5/c19-16(20)15-6-5-12(23-15)10-17-9-11(7-8-18(21)22)13-3-1-2-4-14(13)17/h1-9H,10H2,(H,19,20)/p-1/b8-7-. The maximum atomic E-state index is 10.7. The Labute approximate surface area is 130 Å². The number of hydrogen-bond donors (Lipinski definition) is 0. The van der Waals surface area contributed by atoms with E-state index in [0.29, 0.717) is 17.9 Å². The van der Waals surface area contributed by atoms with Crippen molar-refractivity contribution in [3.05, 3.63) is 76.0 Å². The highest BCUT2D eigenvalue weighted by Gasteiger charge is 2.09. The molecule has 7 heteroatoms. The fourth-order valence-corrected chi connectivity index (χ4v) is 2.42. The van der Waals surface area contributed by atoms with Crippen LogP contribution in [0.5, 0.6) is 0 Å². The smallest absolute Gasteiger partial charge is 0.235 e. The number of fused-ring (bicyclic) bond motifs is 1. The Morgan fingerprint density at radius 3 is 2.74 bits per heavy atom. The fraction of sp³-hybridized carbons (Fsp3) is 0.0625. The van der Waals surface area contributed by atoms with Crippen molar-refractivity contribution >= 4 is 22.9 Å². The van der Waals surface area contributed by atoms with E-state index in [1.807, 2.05) is 28.8 Å². The second kappa shape index (κ2) is 5.80. The molecule has 0 aliphatic carbocycles. The van der Waals surface area contributed by atoms with Crippen LogP contribution >= 0.6 is 0 Å². The van der Waals surface area contributed by atoms with Crippen LogP contribution in [0.3, 0.4) is 0 Å². The van der Waals surface area contributed by atoms with Crippen molar-refractivity contribution in [2.45, 2.75) is 6.54 Å². The molecule has 3 rings (SSSR count). The molecule has 0 saturated carbocycles. The Kier molecular flexibility index (Phi) is 3.68. The van der Waals surface area contributed by atoms with Gasteiger partial charge in [-0.25, -0.2) is 0 Å². The molecule has 3 aromatic rings. The molecule has 0 saturated heterocycles. The molecule has 0 bridgehead atoms. The first-order valence-electron chi connectivity index (χ1n) is 6.74. The van der Waals surface area contributed by atoms with Crippen LogP contribution in [0.25, 0.3) is 17.0 Å². The second-order valence-electron chi connectivity index (χ2n) is 4.88. The normalized spacial score (nSPS) is 11.3. The van der Waals surface area contributed by atoms with Crippen molar-refractivity contribution in [3.8, 4) is 0 Å². The number of carboxylic acid groups (broad SMARTS) is 1. The van der Waals surface area contributed by atoms with Gasteiger partial charge in [0.15, 0.2) is 0 Å². The average Bonchev–Trinajstić information content (AvgIpc) is 3.11. The van der Waals surface area contributed by atoms with Crippen molar-refractivity contribution in [1.82, 2.24) is 4.57 Å². The Morgan fingerprint density at radius 2 is 2.04 bits per heavy atom. The van der Waals surface area contributed by atoms with Gasteiger partial charge in [0.1, 0.15) is 17.5 Å². The van der Waals surface area contributed by atoms with Gasteiger partial charge in [-0.05, 0) is 18.2 Å². The highest BCUT2D eigenvalue weighted by Crippen LogP contribution is 2.24. The third kappa shape index (κ3) is 2.98. The minimum Gasteiger partial charge on any atom is -0.542 e. The van der Waals surface area contributed by atoms with Crippen LogP contribution in [0.4, 0.5) is 0 Å². The lowest BCUT2D eigenvalue weighted by Gasteiger charge is -2.02. The number of carbonyl (C=O) groups excluding carboxylic acids is 1. The maximum Gasteiger partial charge on any atom is 0.235 e. The number of aromatic carboxylic acids is 1. The molecule has 23 heavy (non-hydrogen) atoms. The Bertz CT molecular complexity index is 920. The van der Waals surface area contributed by atoms with Gasteiger partial charge in [-0.1, -0.05) is 18.2 Å². The van der Waals surface area contributed by atoms with Crippen molar-refractivity contribution in [3.63, 3.8) is 0 Å². The van der Waals surface area contributed by atoms with Crippen LogP contribution in [0, 0.1) is 10.1 Å². The number of hydrogen-bond acceptors (Lipinski definition) is 5. The number of aromatic nitrogens is 1. The first-order chi connectivity index (χ1) is 11.0. The van der Waals surface area contributed by atoms with Crippen LogP contribution in [0.1, 0.15) is 21.9 Å². The van der Waals surface area contributed by atoms with E-state index in [9.17, 15) is 20.0 Å². The quantitative estimate of drug-likeness (QED) is 0.529. The summed E-state index contributed by atoms with van der Waals surface area (Å²) in [5.41, 5.74) is 1.56. The van der Waals surface area contributed by atoms with Crippen molar-refractivity contribution in [2.75, 3.05) is 0 Å². The molecule has 0 unspecified atom stereocenters. The van der Waals surface area contributed by atoms with Crippen LogP contribution in [-0.2, 0) is 6.54 Å². The first-order valence-corrected chi connectivity index (χ1v) is 6.74. The summed E-state index contributed by atoms with van der Waals surface area (Å²) in [7, 11) is 0. The highest BCUT2D eigenvalue weighted by atomic mass is 16.6. The summed E-state index contributed by atoms with van der Waals surface area (Å²) in [5, 5.41) is 22.1. The predicted molar refractivity (Wildman–Crippen MR) is 80.1 cm³/mol. The van der Waals surface area contributed by atoms with E-state index in [1.54, 1.807) is 12.3 Å². The van der Waals surface area contributed by atoms with Gasteiger partial charge in [-0.2, -0.15) is 0 Å². The van der Waals surface area contributed by atoms with Crippen molar-refractivity contribution in [1.29, 1.82) is 0 Å². The van der Waals surface area contributed by atoms with E-state index in [-0.39, 0.29) is 5.76 Å². The van der Waals surface area contributed by atoms with E-state index in [0.717, 1.165) is 17.1 Å². The number of rotatable bonds is 5. The van der Waals surface area contributed by atoms with Crippen molar-refractivity contribution < 1.29 is 19.2 Å². The lowest BCUT2D eigenvalue weighted by molar-refractivity contribution is -0.400. The van der Waals surface area contributed by atoms with Gasteiger partial charge in [0, 0.05) is 28.7 Å². The highest BCUT2D eigenvalue weighted by molar-refractivity contribution is 5.89. The van der Waals surface area contributed by atoms with E-state index in [2.05, 4.69) is 0 Å². The van der Waals surface area contributed by atoms with Crippen molar-refractivity contribution in [2.24, 2.45) is 0 Å². The molecule has 116 valence electrons. The molecule has 0 aliphatic rings. The number of nitrogens with zero attached hydrogens (tertiary/aromatic N) is 2. The molecule has 0 radical (unpaired) electrons. The zero-order chi connectivity index (χ0) is 16.4. The molecule has 0 amide bonds. The number of para-hydroxylation sites is 1. The van der Waals surface area contributed by atoms with E-state index in [1.165, 1.54) is 12.1 Å². The molecule has 0 aliphatic heterocycles. The van der Waals surface area contributed by atoms with Gasteiger partial charge in [0.25, 0.3) is 0 Å². The molecule has 0 N–H and O–H groups in total. The van der Waals surface area contributed by atoms with Gasteiger partial charge in [-0.3, -0.25) is 10.1 Å². The third-order valence-electron chi connectivity index (χ3n) is 3.38. The maximum absolute atomic E-state index is 10.7. The van der Waals surface area contributed by atoms with Gasteiger partial charge in [0.05, 0.1) is 11.5 Å². The molecule has 2 heterocycles. The molecular weight excluding hydrogens is 300 g/mol. The summed E-state index contributed by atoms with van der Waals surface area (Å²) in [6.07, 6.45) is 4.06. The minimum absolute atomic E-state index is 0.232. The number of furan rings is 1. The molecule has 0 spiro atoms. The lowest BCUT2D eigenvalue weighted by atomic mass is 10.2. The largest absolute Gasteiger partial charge is 0.542 e. The van der Waals surface area contributed by atoms with Crippen LogP contribution in [-0.4, -0.2) is 15.5 Å². The van der Waals surface area contributed by atoms with Crippen LogP contribution in [0.15, 0.2) is 53.2 Å². The zero-order valence-electron chi connectivity index (χ0n) is 11.8. The zero-order valence-corrected chi connectivity index (χ0v) is 11.8. The summed E-state index contributed by atoms with van der Waals surface area (Å²) in [5.74, 6) is -1.15. The fourth-order valence-electron chi connectivity index (χ4n) is 2.42. The lowest BCUT2D eigenvalue weighted by Crippen LogP contribution is -2.21. The summed E-state index contributed by atoms with van der Waals surface area (Å²) in [6, 6.07) is 10.3. The number of carbonyl (C=O) groups is 1. The van der Waals surface area contributed by atoms with Gasteiger partial charge < -0.3 is 18.9 Å². The Morgan fingerprint density at radius 1 is 1.26 bits per heavy atom. The van der Waals surface area contributed by atoms with Crippen LogP contribution in [0.2, 0.25) is 0 Å². The predicted octanol–water partition coefficient (Wildman–Crippen LogP) is 1.89. The average molecular weight is 311 g/mol. The van der Waals surface area contributed by atoms with E-state index >= 15 is 0 Å². The summed E-state index contributed by atoms with van der Waals surface area (Å²) >= 11 is 0. The molecule has 1 aromatic carbocycles. The third-order valence-corrected chi connectivity index (χ3v) is 3.38. The summed E-state index contributed by atoms with van der Waals surface area (Å²) in [6.45, 7) is 0.306. The van der Waals surface area contributed by atoms with Gasteiger partial charge in [0.2, 0.25) is 6.20 Å². The summed E-state index contributed by atoms with van der Waals surface area (Å²) in [4.78, 5) is 20.7. The van der Waals surface area contributed by atoms with Crippen LogP contribution < -0.4 is 5.11 Å². The van der Waals surface area contributed by atoms with E-state index < -0.39 is 10.9 Å². The molecule has 0 atom stereocenters. The summed E-state index contributed by atoms with van der Waals surface area (Å²) < 4.78 is 7.04. The molecular formula is C16H11N2O5-. The van der Waals surface area contributed by atoms with E-state index in [4.69, 9.17) is 4.42 Å². The number of benzene rings is 1. The molecule has 2 aromatic heterocycles. The SMILES string of the molecule is O=C([O-])c1ccc(Cn2cc(/C=C\[N+](=O)[O-])c3ccccc32)o1.